The number of nitrogens with one attached hydrogen (secondary N) is 1. The van der Waals surface area contributed by atoms with Crippen molar-refractivity contribution >= 4 is 33.5 Å². The van der Waals surface area contributed by atoms with Crippen molar-refractivity contribution < 1.29 is 0 Å². The minimum atomic E-state index is -0.0775. The highest BCUT2D eigenvalue weighted by Gasteiger charge is 2.21. The van der Waals surface area contributed by atoms with Crippen molar-refractivity contribution in [2.24, 2.45) is 0 Å². The van der Waals surface area contributed by atoms with E-state index < -0.39 is 0 Å². The second kappa shape index (κ2) is 6.36. The fourth-order valence-corrected chi connectivity index (χ4v) is 3.30. The van der Waals surface area contributed by atoms with E-state index >= 15 is 0 Å². The first-order valence-electron chi connectivity index (χ1n) is 6.81. The first kappa shape index (κ1) is 16.3. The molecule has 0 bridgehead atoms. The minimum Gasteiger partial charge on any atom is -0.373 e. The summed E-state index contributed by atoms with van der Waals surface area (Å²) in [5, 5.41) is 4.17. The normalized spacial score (nSPS) is 11.5. The van der Waals surface area contributed by atoms with Crippen LogP contribution in [0.2, 0.25) is 0 Å². The van der Waals surface area contributed by atoms with E-state index in [9.17, 15) is 0 Å². The molecule has 3 nitrogen and oxygen atoms in total. The largest absolute Gasteiger partial charge is 0.373 e. The standard InChI is InChI=1S/C16H20BrN3S/c1-10-13(18-5)19-15(16(2,3)4)20-14(10)21-12-8-6-7-11(17)9-12/h6-9H,1-5H3,(H,18,19,20). The van der Waals surface area contributed by atoms with Gasteiger partial charge in [-0.05, 0) is 25.1 Å². The van der Waals surface area contributed by atoms with Crippen LogP contribution in [0.4, 0.5) is 5.82 Å². The molecule has 0 spiro atoms. The Hall–Kier alpha value is -1.07. The van der Waals surface area contributed by atoms with Crippen LogP contribution in [0.15, 0.2) is 38.7 Å². The van der Waals surface area contributed by atoms with Crippen LogP contribution < -0.4 is 5.32 Å². The lowest BCUT2D eigenvalue weighted by molar-refractivity contribution is 0.538. The molecule has 0 saturated carbocycles. The van der Waals surface area contributed by atoms with Crippen LogP contribution in [0.3, 0.4) is 0 Å². The van der Waals surface area contributed by atoms with E-state index in [2.05, 4.69) is 66.1 Å². The van der Waals surface area contributed by atoms with Gasteiger partial charge in [0.2, 0.25) is 0 Å². The van der Waals surface area contributed by atoms with Gasteiger partial charge in [0, 0.05) is 27.4 Å². The molecule has 21 heavy (non-hydrogen) atoms. The monoisotopic (exact) mass is 365 g/mol. The summed E-state index contributed by atoms with van der Waals surface area (Å²) in [5.74, 6) is 1.75. The van der Waals surface area contributed by atoms with Gasteiger partial charge in [0.1, 0.15) is 16.7 Å². The quantitative estimate of drug-likeness (QED) is 0.773. The van der Waals surface area contributed by atoms with Gasteiger partial charge in [-0.3, -0.25) is 0 Å². The molecule has 0 fully saturated rings. The maximum Gasteiger partial charge on any atom is 0.137 e. The summed E-state index contributed by atoms with van der Waals surface area (Å²) in [5.41, 5.74) is 1.00. The number of aromatic nitrogens is 2. The number of hydrogen-bond donors (Lipinski definition) is 1. The van der Waals surface area contributed by atoms with Crippen LogP contribution in [0.5, 0.6) is 0 Å². The van der Waals surface area contributed by atoms with E-state index in [0.717, 1.165) is 31.6 Å². The van der Waals surface area contributed by atoms with E-state index in [4.69, 9.17) is 4.98 Å². The molecule has 112 valence electrons. The Bertz CT molecular complexity index is 650. The van der Waals surface area contributed by atoms with Gasteiger partial charge in [-0.15, -0.1) is 0 Å². The molecule has 0 aliphatic carbocycles. The lowest BCUT2D eigenvalue weighted by atomic mass is 9.95. The second-order valence-corrected chi connectivity index (χ2v) is 7.86. The maximum atomic E-state index is 4.77. The van der Waals surface area contributed by atoms with Crippen LogP contribution in [-0.2, 0) is 5.41 Å². The fraction of sp³-hybridized carbons (Fsp3) is 0.375. The van der Waals surface area contributed by atoms with Gasteiger partial charge in [-0.1, -0.05) is 54.5 Å². The van der Waals surface area contributed by atoms with Gasteiger partial charge in [-0.25, -0.2) is 9.97 Å². The molecule has 0 amide bonds. The molecule has 0 saturated heterocycles. The number of rotatable bonds is 3. The zero-order chi connectivity index (χ0) is 15.6. The summed E-state index contributed by atoms with van der Waals surface area (Å²) in [7, 11) is 1.90. The molecule has 2 rings (SSSR count). The van der Waals surface area contributed by atoms with Crippen molar-refractivity contribution in [3.63, 3.8) is 0 Å². The van der Waals surface area contributed by atoms with Crippen molar-refractivity contribution in [3.05, 3.63) is 40.1 Å². The summed E-state index contributed by atoms with van der Waals surface area (Å²) in [4.78, 5) is 10.6. The summed E-state index contributed by atoms with van der Waals surface area (Å²) in [6, 6.07) is 8.25. The lowest BCUT2D eigenvalue weighted by Gasteiger charge is -2.20. The van der Waals surface area contributed by atoms with Crippen molar-refractivity contribution in [2.45, 2.75) is 43.0 Å². The molecule has 0 aliphatic rings. The molecule has 1 aromatic heterocycles. The highest BCUT2D eigenvalue weighted by atomic mass is 79.9. The molecule has 1 N–H and O–H groups in total. The predicted molar refractivity (Wildman–Crippen MR) is 93.3 cm³/mol. The van der Waals surface area contributed by atoms with Gasteiger partial charge in [-0.2, -0.15) is 0 Å². The average molecular weight is 366 g/mol. The summed E-state index contributed by atoms with van der Waals surface area (Å²) in [6.07, 6.45) is 0. The number of hydrogen-bond acceptors (Lipinski definition) is 4. The van der Waals surface area contributed by atoms with Gasteiger partial charge in [0.25, 0.3) is 0 Å². The molecule has 0 atom stereocenters. The second-order valence-electron chi connectivity index (χ2n) is 5.89. The Balaban J connectivity index is 2.47. The Morgan fingerprint density at radius 1 is 1.19 bits per heavy atom. The van der Waals surface area contributed by atoms with Crippen LogP contribution in [0, 0.1) is 6.92 Å². The van der Waals surface area contributed by atoms with Crippen LogP contribution in [-0.4, -0.2) is 17.0 Å². The van der Waals surface area contributed by atoms with E-state index in [1.54, 1.807) is 11.8 Å². The van der Waals surface area contributed by atoms with Crippen LogP contribution in [0.25, 0.3) is 0 Å². The first-order valence-corrected chi connectivity index (χ1v) is 8.42. The first-order chi connectivity index (χ1) is 9.81. The Kier molecular flexibility index (Phi) is 4.94. The molecule has 0 radical (unpaired) electrons. The molecule has 1 aromatic carbocycles. The van der Waals surface area contributed by atoms with Crippen LogP contribution in [0.1, 0.15) is 32.2 Å². The fourth-order valence-electron chi connectivity index (χ4n) is 1.82. The van der Waals surface area contributed by atoms with E-state index in [1.165, 1.54) is 0 Å². The smallest absolute Gasteiger partial charge is 0.137 e. The van der Waals surface area contributed by atoms with Crippen molar-refractivity contribution in [1.29, 1.82) is 0 Å². The number of benzene rings is 1. The van der Waals surface area contributed by atoms with E-state index in [0.29, 0.717) is 0 Å². The zero-order valence-electron chi connectivity index (χ0n) is 13.0. The minimum absolute atomic E-state index is 0.0775. The Morgan fingerprint density at radius 2 is 1.90 bits per heavy atom. The van der Waals surface area contributed by atoms with Gasteiger partial charge in [0.15, 0.2) is 0 Å². The summed E-state index contributed by atoms with van der Waals surface area (Å²) < 4.78 is 1.07. The predicted octanol–water partition coefficient (Wildman–Crippen LogP) is 5.04. The zero-order valence-corrected chi connectivity index (χ0v) is 15.4. The number of anilines is 1. The molecule has 2 aromatic rings. The molecular formula is C16H20BrN3S. The molecule has 0 unspecified atom stereocenters. The molecular weight excluding hydrogens is 346 g/mol. The number of halogens is 1. The summed E-state index contributed by atoms with van der Waals surface area (Å²) in [6.45, 7) is 8.44. The van der Waals surface area contributed by atoms with Crippen molar-refractivity contribution in [2.75, 3.05) is 12.4 Å². The third-order valence-corrected chi connectivity index (χ3v) is 4.59. The SMILES string of the molecule is CNc1nc(C(C)(C)C)nc(Sc2cccc(Br)c2)c1C. The highest BCUT2D eigenvalue weighted by Crippen LogP contribution is 2.34. The highest BCUT2D eigenvalue weighted by molar-refractivity contribution is 9.10. The topological polar surface area (TPSA) is 37.8 Å². The van der Waals surface area contributed by atoms with Crippen molar-refractivity contribution in [3.8, 4) is 0 Å². The van der Waals surface area contributed by atoms with Crippen molar-refractivity contribution in [1.82, 2.24) is 9.97 Å². The van der Waals surface area contributed by atoms with E-state index in [-0.39, 0.29) is 5.41 Å². The third kappa shape index (κ3) is 3.98. The van der Waals surface area contributed by atoms with Gasteiger partial charge < -0.3 is 5.32 Å². The average Bonchev–Trinajstić information content (AvgIpc) is 2.40. The Morgan fingerprint density at radius 3 is 2.48 bits per heavy atom. The molecule has 5 heteroatoms. The number of nitrogens with zero attached hydrogens (tertiary/aromatic N) is 2. The van der Waals surface area contributed by atoms with Gasteiger partial charge >= 0.3 is 0 Å². The molecule has 1 heterocycles. The van der Waals surface area contributed by atoms with Crippen LogP contribution >= 0.6 is 27.7 Å². The summed E-state index contributed by atoms with van der Waals surface area (Å²) >= 11 is 5.18. The third-order valence-electron chi connectivity index (χ3n) is 3.02. The maximum absolute atomic E-state index is 4.77. The molecule has 0 aliphatic heterocycles. The van der Waals surface area contributed by atoms with E-state index in [1.807, 2.05) is 19.2 Å². The lowest BCUT2D eigenvalue weighted by Crippen LogP contribution is -2.18. The van der Waals surface area contributed by atoms with Gasteiger partial charge in [0.05, 0.1) is 0 Å². The Labute approximate surface area is 139 Å².